The molecule has 0 amide bonds. The molecule has 0 fully saturated rings. The summed E-state index contributed by atoms with van der Waals surface area (Å²) in [5.41, 5.74) is 0.956. The second-order valence-corrected chi connectivity index (χ2v) is 4.92. The van der Waals surface area contributed by atoms with Gasteiger partial charge in [-0.2, -0.15) is 5.10 Å². The zero-order valence-electron chi connectivity index (χ0n) is 12.0. The van der Waals surface area contributed by atoms with Crippen LogP contribution < -0.4 is 4.74 Å². The minimum absolute atomic E-state index is 0.170. The zero-order valence-corrected chi connectivity index (χ0v) is 12.0. The van der Waals surface area contributed by atoms with Crippen LogP contribution in [-0.4, -0.2) is 32.6 Å². The zero-order chi connectivity index (χ0) is 15.2. The van der Waals surface area contributed by atoms with E-state index >= 15 is 0 Å². The molecule has 5 heteroatoms. The number of para-hydroxylation sites is 1. The van der Waals surface area contributed by atoms with Crippen LogP contribution in [0.3, 0.4) is 0 Å². The highest BCUT2D eigenvalue weighted by Crippen LogP contribution is 2.22. The van der Waals surface area contributed by atoms with Gasteiger partial charge in [-0.25, -0.2) is 9.67 Å². The van der Waals surface area contributed by atoms with Gasteiger partial charge in [-0.1, -0.05) is 48.5 Å². The van der Waals surface area contributed by atoms with E-state index in [1.807, 2.05) is 60.7 Å². The molecule has 2 atom stereocenters. The van der Waals surface area contributed by atoms with Gasteiger partial charge in [-0.3, -0.25) is 0 Å². The lowest BCUT2D eigenvalue weighted by Gasteiger charge is -2.23. The van der Waals surface area contributed by atoms with E-state index in [1.165, 1.54) is 6.33 Å². The summed E-state index contributed by atoms with van der Waals surface area (Å²) in [7, 11) is 0. The maximum atomic E-state index is 10.6. The van der Waals surface area contributed by atoms with E-state index in [9.17, 15) is 5.11 Å². The fourth-order valence-corrected chi connectivity index (χ4v) is 2.35. The monoisotopic (exact) mass is 295 g/mol. The summed E-state index contributed by atoms with van der Waals surface area (Å²) in [6.07, 6.45) is 2.31. The minimum atomic E-state index is -0.746. The van der Waals surface area contributed by atoms with Gasteiger partial charge in [-0.05, 0) is 17.7 Å². The number of aliphatic hydroxyl groups is 1. The van der Waals surface area contributed by atoms with Crippen LogP contribution in [0, 0.1) is 0 Å². The first-order chi connectivity index (χ1) is 10.8. The summed E-state index contributed by atoms with van der Waals surface area (Å²) >= 11 is 0. The second-order valence-electron chi connectivity index (χ2n) is 4.92. The number of nitrogens with zero attached hydrogens (tertiary/aromatic N) is 3. The lowest BCUT2D eigenvalue weighted by atomic mass is 10.0. The maximum Gasteiger partial charge on any atom is 0.137 e. The van der Waals surface area contributed by atoms with E-state index in [2.05, 4.69) is 10.1 Å². The van der Waals surface area contributed by atoms with Crippen LogP contribution in [0.25, 0.3) is 0 Å². The van der Waals surface area contributed by atoms with Crippen molar-refractivity contribution in [3.05, 3.63) is 78.9 Å². The van der Waals surface area contributed by atoms with Crippen molar-refractivity contribution in [2.24, 2.45) is 0 Å². The molecular weight excluding hydrogens is 278 g/mol. The van der Waals surface area contributed by atoms with Crippen LogP contribution in [0.1, 0.15) is 11.6 Å². The first kappa shape index (κ1) is 14.3. The van der Waals surface area contributed by atoms with Gasteiger partial charge in [0.05, 0.1) is 0 Å². The highest BCUT2D eigenvalue weighted by atomic mass is 16.5. The SMILES string of the molecule is OC(COc1ccccc1)C(c1ccccc1)n1cncn1. The minimum Gasteiger partial charge on any atom is -0.491 e. The van der Waals surface area contributed by atoms with Gasteiger partial charge in [0.2, 0.25) is 0 Å². The van der Waals surface area contributed by atoms with Crippen molar-refractivity contribution in [3.63, 3.8) is 0 Å². The Morgan fingerprint density at radius 3 is 2.32 bits per heavy atom. The first-order valence-corrected chi connectivity index (χ1v) is 7.09. The number of rotatable bonds is 6. The van der Waals surface area contributed by atoms with Gasteiger partial charge in [0.1, 0.15) is 37.2 Å². The van der Waals surface area contributed by atoms with Crippen molar-refractivity contribution in [1.82, 2.24) is 14.8 Å². The molecule has 1 heterocycles. The molecule has 2 unspecified atom stereocenters. The molecule has 0 aliphatic rings. The largest absolute Gasteiger partial charge is 0.491 e. The summed E-state index contributed by atoms with van der Waals surface area (Å²) in [6.45, 7) is 0.170. The van der Waals surface area contributed by atoms with Crippen molar-refractivity contribution >= 4 is 0 Å². The van der Waals surface area contributed by atoms with Crippen molar-refractivity contribution in [3.8, 4) is 5.75 Å². The van der Waals surface area contributed by atoms with E-state index in [0.717, 1.165) is 11.3 Å². The van der Waals surface area contributed by atoms with E-state index in [0.29, 0.717) is 0 Å². The van der Waals surface area contributed by atoms with Gasteiger partial charge >= 0.3 is 0 Å². The molecule has 0 spiro atoms. The molecule has 3 aromatic rings. The lowest BCUT2D eigenvalue weighted by molar-refractivity contribution is 0.0705. The Morgan fingerprint density at radius 2 is 1.68 bits per heavy atom. The van der Waals surface area contributed by atoms with Crippen molar-refractivity contribution in [1.29, 1.82) is 0 Å². The average molecular weight is 295 g/mol. The van der Waals surface area contributed by atoms with Crippen molar-refractivity contribution < 1.29 is 9.84 Å². The smallest absolute Gasteiger partial charge is 0.137 e. The summed E-state index contributed by atoms with van der Waals surface area (Å²) < 4.78 is 7.30. The fourth-order valence-electron chi connectivity index (χ4n) is 2.35. The van der Waals surface area contributed by atoms with Gasteiger partial charge in [0, 0.05) is 0 Å². The fraction of sp³-hybridized carbons (Fsp3) is 0.176. The molecule has 2 aromatic carbocycles. The van der Waals surface area contributed by atoms with E-state index < -0.39 is 6.10 Å². The Morgan fingerprint density at radius 1 is 1.00 bits per heavy atom. The number of ether oxygens (including phenoxy) is 1. The standard InChI is InChI=1S/C17H17N3O2/c21-16(11-22-15-9-5-2-6-10-15)17(20-13-18-12-19-20)14-7-3-1-4-8-14/h1-10,12-13,16-17,21H,11H2. The molecule has 22 heavy (non-hydrogen) atoms. The molecule has 0 bridgehead atoms. The first-order valence-electron chi connectivity index (χ1n) is 7.09. The van der Waals surface area contributed by atoms with E-state index in [1.54, 1.807) is 11.0 Å². The molecule has 0 radical (unpaired) electrons. The highest BCUT2D eigenvalue weighted by Gasteiger charge is 2.24. The maximum absolute atomic E-state index is 10.6. The molecule has 0 saturated carbocycles. The molecule has 0 aliphatic carbocycles. The topological polar surface area (TPSA) is 60.2 Å². The quantitative estimate of drug-likeness (QED) is 0.758. The third kappa shape index (κ3) is 3.32. The van der Waals surface area contributed by atoms with Gasteiger partial charge in [0.25, 0.3) is 0 Å². The van der Waals surface area contributed by atoms with E-state index in [4.69, 9.17) is 4.74 Å². The Hall–Kier alpha value is -2.66. The highest BCUT2D eigenvalue weighted by molar-refractivity contribution is 5.22. The molecular formula is C17H17N3O2. The van der Waals surface area contributed by atoms with Crippen LogP contribution in [0.15, 0.2) is 73.3 Å². The Bertz CT molecular complexity index is 672. The molecule has 3 rings (SSSR count). The summed E-state index contributed by atoms with van der Waals surface area (Å²) in [6, 6.07) is 18.8. The van der Waals surface area contributed by atoms with Crippen molar-refractivity contribution in [2.45, 2.75) is 12.1 Å². The molecule has 0 saturated heterocycles. The molecule has 0 aliphatic heterocycles. The van der Waals surface area contributed by atoms with Gasteiger partial charge < -0.3 is 9.84 Å². The van der Waals surface area contributed by atoms with Gasteiger partial charge in [-0.15, -0.1) is 0 Å². The molecule has 112 valence electrons. The summed E-state index contributed by atoms with van der Waals surface area (Å²) in [4.78, 5) is 3.97. The number of aliphatic hydroxyl groups excluding tert-OH is 1. The van der Waals surface area contributed by atoms with Crippen LogP contribution in [-0.2, 0) is 0 Å². The number of benzene rings is 2. The normalized spacial score (nSPS) is 13.5. The number of aromatic nitrogens is 3. The van der Waals surface area contributed by atoms with Crippen LogP contribution in [0.2, 0.25) is 0 Å². The predicted octanol–water partition coefficient (Wildman–Crippen LogP) is 2.31. The third-order valence-electron chi connectivity index (χ3n) is 3.39. The average Bonchev–Trinajstić information content (AvgIpc) is 3.09. The predicted molar refractivity (Wildman–Crippen MR) is 82.5 cm³/mol. The molecule has 1 aromatic heterocycles. The Labute approximate surface area is 128 Å². The Balaban J connectivity index is 1.77. The third-order valence-corrected chi connectivity index (χ3v) is 3.39. The van der Waals surface area contributed by atoms with Crippen LogP contribution >= 0.6 is 0 Å². The molecule has 1 N–H and O–H groups in total. The van der Waals surface area contributed by atoms with Crippen LogP contribution in [0.4, 0.5) is 0 Å². The lowest BCUT2D eigenvalue weighted by Crippen LogP contribution is -2.31. The van der Waals surface area contributed by atoms with Crippen LogP contribution in [0.5, 0.6) is 5.75 Å². The van der Waals surface area contributed by atoms with Crippen molar-refractivity contribution in [2.75, 3.05) is 6.61 Å². The van der Waals surface area contributed by atoms with Gasteiger partial charge in [0.15, 0.2) is 0 Å². The Kier molecular flexibility index (Phi) is 4.46. The number of hydrogen-bond donors (Lipinski definition) is 1. The summed E-state index contributed by atoms with van der Waals surface area (Å²) in [5, 5.41) is 14.7. The second kappa shape index (κ2) is 6.87. The summed E-state index contributed by atoms with van der Waals surface area (Å²) in [5.74, 6) is 0.729. The molecule has 5 nitrogen and oxygen atoms in total. The number of hydrogen-bond acceptors (Lipinski definition) is 4. The van der Waals surface area contributed by atoms with E-state index in [-0.39, 0.29) is 12.6 Å².